The van der Waals surface area contributed by atoms with Gasteiger partial charge < -0.3 is 9.64 Å². The van der Waals surface area contributed by atoms with Crippen molar-refractivity contribution >= 4 is 17.5 Å². The van der Waals surface area contributed by atoms with Crippen LogP contribution in [0.15, 0.2) is 30.3 Å². The van der Waals surface area contributed by atoms with Gasteiger partial charge in [-0.2, -0.15) is 0 Å². The van der Waals surface area contributed by atoms with E-state index in [-0.39, 0.29) is 17.8 Å². The normalized spacial score (nSPS) is 19.2. The largest absolute Gasteiger partial charge is 0.375 e. The van der Waals surface area contributed by atoms with Crippen molar-refractivity contribution in [2.24, 2.45) is 0 Å². The predicted molar refractivity (Wildman–Crippen MR) is 71.6 cm³/mol. The number of amides is 1. The minimum absolute atomic E-state index is 0.0162. The van der Waals surface area contributed by atoms with Gasteiger partial charge in [0, 0.05) is 6.54 Å². The van der Waals surface area contributed by atoms with Crippen molar-refractivity contribution in [1.82, 2.24) is 4.90 Å². The summed E-state index contributed by atoms with van der Waals surface area (Å²) in [6.45, 7) is 2.00. The van der Waals surface area contributed by atoms with E-state index >= 15 is 0 Å². The predicted octanol–water partition coefficient (Wildman–Crippen LogP) is 2.43. The Bertz CT molecular complexity index is 383. The van der Waals surface area contributed by atoms with Crippen LogP contribution in [-0.2, 0) is 16.1 Å². The maximum Gasteiger partial charge on any atom is 0.237 e. The molecule has 98 valence electrons. The quantitative estimate of drug-likeness (QED) is 0.767. The summed E-state index contributed by atoms with van der Waals surface area (Å²) < 4.78 is 5.69. The van der Waals surface area contributed by atoms with Crippen molar-refractivity contribution in [2.45, 2.75) is 25.5 Å². The summed E-state index contributed by atoms with van der Waals surface area (Å²) in [7, 11) is 0. The summed E-state index contributed by atoms with van der Waals surface area (Å²) >= 11 is 5.60. The van der Waals surface area contributed by atoms with Crippen LogP contribution in [0.25, 0.3) is 0 Å². The van der Waals surface area contributed by atoms with Crippen LogP contribution in [0.2, 0.25) is 0 Å². The smallest absolute Gasteiger partial charge is 0.237 e. The number of hydrogen-bond acceptors (Lipinski definition) is 2. The van der Waals surface area contributed by atoms with Crippen molar-refractivity contribution in [3.8, 4) is 0 Å². The number of hydrogen-bond donors (Lipinski definition) is 0. The summed E-state index contributed by atoms with van der Waals surface area (Å²) in [6.07, 6.45) is 2.05. The van der Waals surface area contributed by atoms with Crippen LogP contribution in [0.5, 0.6) is 0 Å². The third kappa shape index (κ3) is 3.47. The minimum atomic E-state index is 0.0162. The Morgan fingerprint density at radius 3 is 2.89 bits per heavy atom. The Labute approximate surface area is 113 Å². The number of likely N-dealkylation sites (tertiary alicyclic amines) is 1. The van der Waals surface area contributed by atoms with Gasteiger partial charge in [-0.1, -0.05) is 30.3 Å². The molecule has 0 aromatic heterocycles. The van der Waals surface area contributed by atoms with Crippen LogP contribution in [-0.4, -0.2) is 35.9 Å². The highest BCUT2D eigenvalue weighted by Crippen LogP contribution is 2.18. The van der Waals surface area contributed by atoms with E-state index in [1.807, 2.05) is 35.2 Å². The van der Waals surface area contributed by atoms with E-state index in [0.717, 1.165) is 24.9 Å². The highest BCUT2D eigenvalue weighted by Gasteiger charge is 2.27. The fourth-order valence-corrected chi connectivity index (χ4v) is 2.45. The van der Waals surface area contributed by atoms with Gasteiger partial charge in [0.1, 0.15) is 5.88 Å². The van der Waals surface area contributed by atoms with Gasteiger partial charge in [-0.15, -0.1) is 11.6 Å². The third-order valence-corrected chi connectivity index (χ3v) is 3.46. The molecule has 1 amide bonds. The Morgan fingerprint density at radius 2 is 2.17 bits per heavy atom. The van der Waals surface area contributed by atoms with Gasteiger partial charge in [0.15, 0.2) is 0 Å². The maximum absolute atomic E-state index is 11.6. The SMILES string of the molecule is O=C(CCl)N1CCC[C@@H]1COCc1ccccc1. The molecule has 0 unspecified atom stereocenters. The summed E-state index contributed by atoms with van der Waals surface area (Å²) in [4.78, 5) is 13.4. The van der Waals surface area contributed by atoms with Crippen LogP contribution in [0.4, 0.5) is 0 Å². The highest BCUT2D eigenvalue weighted by atomic mass is 35.5. The fourth-order valence-electron chi connectivity index (χ4n) is 2.30. The average Bonchev–Trinajstić information content (AvgIpc) is 2.87. The molecule has 2 rings (SSSR count). The van der Waals surface area contributed by atoms with Crippen molar-refractivity contribution in [3.63, 3.8) is 0 Å². The van der Waals surface area contributed by atoms with E-state index in [4.69, 9.17) is 16.3 Å². The molecular formula is C14H18ClNO2. The zero-order valence-electron chi connectivity index (χ0n) is 10.3. The molecule has 0 radical (unpaired) electrons. The standard InChI is InChI=1S/C14H18ClNO2/c15-9-14(17)16-8-4-7-13(16)11-18-10-12-5-2-1-3-6-12/h1-3,5-6,13H,4,7-11H2/t13-/m1/s1. The van der Waals surface area contributed by atoms with E-state index in [0.29, 0.717) is 13.2 Å². The molecule has 0 aliphatic carbocycles. The number of alkyl halides is 1. The lowest BCUT2D eigenvalue weighted by atomic mass is 10.2. The highest BCUT2D eigenvalue weighted by molar-refractivity contribution is 6.27. The van der Waals surface area contributed by atoms with Gasteiger partial charge in [0.25, 0.3) is 0 Å². The van der Waals surface area contributed by atoms with Gasteiger partial charge in [-0.25, -0.2) is 0 Å². The molecule has 0 bridgehead atoms. The number of benzene rings is 1. The molecular weight excluding hydrogens is 250 g/mol. The topological polar surface area (TPSA) is 29.5 Å². The molecule has 1 aromatic carbocycles. The molecule has 4 heteroatoms. The minimum Gasteiger partial charge on any atom is -0.375 e. The Balaban J connectivity index is 1.78. The monoisotopic (exact) mass is 267 g/mol. The zero-order chi connectivity index (χ0) is 12.8. The second kappa shape index (κ2) is 6.76. The molecule has 1 saturated heterocycles. The van der Waals surface area contributed by atoms with Gasteiger partial charge in [0.2, 0.25) is 5.91 Å². The first-order chi connectivity index (χ1) is 8.81. The molecule has 1 aliphatic rings. The number of ether oxygens (including phenoxy) is 1. The zero-order valence-corrected chi connectivity index (χ0v) is 11.1. The molecule has 1 aromatic rings. The van der Waals surface area contributed by atoms with Gasteiger partial charge in [-0.05, 0) is 18.4 Å². The van der Waals surface area contributed by atoms with E-state index in [9.17, 15) is 4.79 Å². The number of carbonyl (C=O) groups excluding carboxylic acids is 1. The molecule has 0 spiro atoms. The van der Waals surface area contributed by atoms with Gasteiger partial charge in [-0.3, -0.25) is 4.79 Å². The summed E-state index contributed by atoms with van der Waals surface area (Å²) in [5.41, 5.74) is 1.16. The third-order valence-electron chi connectivity index (χ3n) is 3.23. The van der Waals surface area contributed by atoms with Crippen LogP contribution in [0.1, 0.15) is 18.4 Å². The van der Waals surface area contributed by atoms with E-state index in [2.05, 4.69) is 0 Å². The first-order valence-corrected chi connectivity index (χ1v) is 6.82. The van der Waals surface area contributed by atoms with Crippen LogP contribution >= 0.6 is 11.6 Å². The number of carbonyl (C=O) groups is 1. The Kier molecular flexibility index (Phi) is 5.02. The van der Waals surface area contributed by atoms with Crippen molar-refractivity contribution < 1.29 is 9.53 Å². The first kappa shape index (κ1) is 13.4. The van der Waals surface area contributed by atoms with Crippen molar-refractivity contribution in [3.05, 3.63) is 35.9 Å². The Morgan fingerprint density at radius 1 is 1.39 bits per heavy atom. The average molecular weight is 268 g/mol. The van der Waals surface area contributed by atoms with Crippen molar-refractivity contribution in [2.75, 3.05) is 19.0 Å². The summed E-state index contributed by atoms with van der Waals surface area (Å²) in [5, 5.41) is 0. The lowest BCUT2D eigenvalue weighted by Crippen LogP contribution is -2.38. The van der Waals surface area contributed by atoms with Crippen molar-refractivity contribution in [1.29, 1.82) is 0 Å². The van der Waals surface area contributed by atoms with Gasteiger partial charge in [0.05, 0.1) is 19.3 Å². The molecule has 1 heterocycles. The van der Waals surface area contributed by atoms with E-state index < -0.39 is 0 Å². The summed E-state index contributed by atoms with van der Waals surface area (Å²) in [5.74, 6) is 0.0809. The second-order valence-corrected chi connectivity index (χ2v) is 4.78. The van der Waals surface area contributed by atoms with E-state index in [1.54, 1.807) is 0 Å². The molecule has 18 heavy (non-hydrogen) atoms. The molecule has 1 fully saturated rings. The molecule has 3 nitrogen and oxygen atoms in total. The lowest BCUT2D eigenvalue weighted by molar-refractivity contribution is -0.130. The van der Waals surface area contributed by atoms with Crippen LogP contribution in [0.3, 0.4) is 0 Å². The van der Waals surface area contributed by atoms with Gasteiger partial charge >= 0.3 is 0 Å². The molecule has 1 atom stereocenters. The Hall–Kier alpha value is -1.06. The molecule has 1 aliphatic heterocycles. The van der Waals surface area contributed by atoms with Crippen LogP contribution < -0.4 is 0 Å². The number of nitrogens with zero attached hydrogens (tertiary/aromatic N) is 1. The molecule has 0 N–H and O–H groups in total. The summed E-state index contributed by atoms with van der Waals surface area (Å²) in [6, 6.07) is 10.3. The fraction of sp³-hybridized carbons (Fsp3) is 0.500. The lowest BCUT2D eigenvalue weighted by Gasteiger charge is -2.23. The second-order valence-electron chi connectivity index (χ2n) is 4.52. The molecule has 0 saturated carbocycles. The van der Waals surface area contributed by atoms with Crippen LogP contribution in [0, 0.1) is 0 Å². The first-order valence-electron chi connectivity index (χ1n) is 6.28. The van der Waals surface area contributed by atoms with E-state index in [1.165, 1.54) is 0 Å². The number of rotatable bonds is 5. The number of halogens is 1. The maximum atomic E-state index is 11.6.